The highest BCUT2D eigenvalue weighted by atomic mass is 16.6. The Bertz CT molecular complexity index is 848. The van der Waals surface area contributed by atoms with E-state index in [1.165, 1.54) is 13.8 Å². The van der Waals surface area contributed by atoms with E-state index < -0.39 is 24.1 Å². The molecule has 0 heterocycles. The minimum Gasteiger partial charge on any atom is -0.479 e. The predicted molar refractivity (Wildman–Crippen MR) is 106 cm³/mol. The van der Waals surface area contributed by atoms with Gasteiger partial charge in [-0.3, -0.25) is 9.59 Å². The maximum Gasteiger partial charge on any atom is 0.347 e. The van der Waals surface area contributed by atoms with Crippen LogP contribution in [0.4, 0.5) is 11.4 Å². The second kappa shape index (κ2) is 9.55. The number of rotatable bonds is 7. The normalized spacial score (nSPS) is 12.4. The number of esters is 1. The van der Waals surface area contributed by atoms with Gasteiger partial charge in [-0.25, -0.2) is 4.79 Å². The predicted octanol–water partition coefficient (Wildman–Crippen LogP) is 3.29. The number of nitrogens with one attached hydrogen (secondary N) is 2. The zero-order valence-electron chi connectivity index (χ0n) is 16.3. The third-order valence-electron chi connectivity index (χ3n) is 3.77. The number of anilines is 2. The van der Waals surface area contributed by atoms with Gasteiger partial charge in [0, 0.05) is 18.3 Å². The first-order valence-electron chi connectivity index (χ1n) is 8.87. The van der Waals surface area contributed by atoms with Crippen LogP contribution in [0.1, 0.15) is 26.3 Å². The SMILES string of the molecule is CC(=O)Nc1ccc(NC(=O)[C@H](C)OC(=O)[C@H](C)Oc2cccc(C)c2)cc1. The second-order valence-corrected chi connectivity index (χ2v) is 6.40. The minimum atomic E-state index is -0.994. The Morgan fingerprint density at radius 3 is 2.07 bits per heavy atom. The van der Waals surface area contributed by atoms with Crippen LogP contribution in [0.25, 0.3) is 0 Å². The van der Waals surface area contributed by atoms with Crippen molar-refractivity contribution in [3.63, 3.8) is 0 Å². The van der Waals surface area contributed by atoms with Gasteiger partial charge < -0.3 is 20.1 Å². The van der Waals surface area contributed by atoms with Crippen molar-refractivity contribution in [1.82, 2.24) is 0 Å². The summed E-state index contributed by atoms with van der Waals surface area (Å²) in [5.41, 5.74) is 2.15. The smallest absolute Gasteiger partial charge is 0.347 e. The summed E-state index contributed by atoms with van der Waals surface area (Å²) >= 11 is 0. The average Bonchev–Trinajstić information content (AvgIpc) is 2.62. The lowest BCUT2D eigenvalue weighted by atomic mass is 10.2. The summed E-state index contributed by atoms with van der Waals surface area (Å²) in [6.07, 6.45) is -1.85. The largest absolute Gasteiger partial charge is 0.479 e. The average molecular weight is 384 g/mol. The summed E-state index contributed by atoms with van der Waals surface area (Å²) < 4.78 is 10.8. The molecule has 0 bridgehead atoms. The Kier molecular flexibility index (Phi) is 7.14. The standard InChI is InChI=1S/C21H24N2O5/c1-13-6-5-7-19(12-13)27-15(3)21(26)28-14(2)20(25)23-18-10-8-17(9-11-18)22-16(4)24/h5-12,14-15H,1-4H3,(H,22,24)(H,23,25)/t14-,15-/m0/s1. The summed E-state index contributed by atoms with van der Waals surface area (Å²) in [6.45, 7) is 6.38. The molecule has 0 unspecified atom stereocenters. The van der Waals surface area contributed by atoms with E-state index in [1.54, 1.807) is 37.3 Å². The Morgan fingerprint density at radius 1 is 0.893 bits per heavy atom. The van der Waals surface area contributed by atoms with Gasteiger partial charge in [0.1, 0.15) is 5.75 Å². The maximum atomic E-state index is 12.2. The van der Waals surface area contributed by atoms with Gasteiger partial charge in [-0.1, -0.05) is 12.1 Å². The molecular weight excluding hydrogens is 360 g/mol. The summed E-state index contributed by atoms with van der Waals surface area (Å²) in [7, 11) is 0. The van der Waals surface area contributed by atoms with Crippen molar-refractivity contribution in [2.24, 2.45) is 0 Å². The van der Waals surface area contributed by atoms with Gasteiger partial charge in [0.25, 0.3) is 5.91 Å². The summed E-state index contributed by atoms with van der Waals surface area (Å²) in [5.74, 6) is -0.728. The molecule has 2 N–H and O–H groups in total. The molecule has 0 saturated heterocycles. The molecule has 2 rings (SSSR count). The molecule has 7 heteroatoms. The first-order valence-corrected chi connectivity index (χ1v) is 8.87. The highest BCUT2D eigenvalue weighted by molar-refractivity contribution is 5.95. The van der Waals surface area contributed by atoms with E-state index in [0.717, 1.165) is 5.56 Å². The fourth-order valence-electron chi connectivity index (χ4n) is 2.35. The summed E-state index contributed by atoms with van der Waals surface area (Å²) in [4.78, 5) is 35.4. The lowest BCUT2D eigenvalue weighted by molar-refractivity contribution is -0.159. The molecular formula is C21H24N2O5. The third kappa shape index (κ3) is 6.42. The maximum absolute atomic E-state index is 12.2. The highest BCUT2D eigenvalue weighted by Crippen LogP contribution is 2.16. The lowest BCUT2D eigenvalue weighted by Gasteiger charge is -2.18. The summed E-state index contributed by atoms with van der Waals surface area (Å²) in [6, 6.07) is 13.9. The highest BCUT2D eigenvalue weighted by Gasteiger charge is 2.23. The van der Waals surface area contributed by atoms with Crippen LogP contribution in [0.2, 0.25) is 0 Å². The van der Waals surface area contributed by atoms with Crippen LogP contribution in [0, 0.1) is 6.92 Å². The Hall–Kier alpha value is -3.35. The number of ether oxygens (including phenoxy) is 2. The van der Waals surface area contributed by atoms with E-state index in [4.69, 9.17) is 9.47 Å². The van der Waals surface area contributed by atoms with Gasteiger partial charge in [-0.15, -0.1) is 0 Å². The number of benzene rings is 2. The molecule has 0 spiro atoms. The number of carbonyl (C=O) groups is 3. The van der Waals surface area contributed by atoms with Crippen LogP contribution in [0.15, 0.2) is 48.5 Å². The molecule has 2 aromatic rings. The first kappa shape index (κ1) is 21.0. The van der Waals surface area contributed by atoms with E-state index in [0.29, 0.717) is 17.1 Å². The van der Waals surface area contributed by atoms with Crippen molar-refractivity contribution in [2.75, 3.05) is 10.6 Å². The van der Waals surface area contributed by atoms with Crippen LogP contribution < -0.4 is 15.4 Å². The lowest BCUT2D eigenvalue weighted by Crippen LogP contribution is -2.35. The molecule has 0 aliphatic rings. The molecule has 148 valence electrons. The van der Waals surface area contributed by atoms with Crippen molar-refractivity contribution >= 4 is 29.2 Å². The monoisotopic (exact) mass is 384 g/mol. The number of amides is 2. The van der Waals surface area contributed by atoms with E-state index in [2.05, 4.69) is 10.6 Å². The van der Waals surface area contributed by atoms with E-state index in [-0.39, 0.29) is 5.91 Å². The van der Waals surface area contributed by atoms with Crippen LogP contribution in [-0.4, -0.2) is 30.0 Å². The van der Waals surface area contributed by atoms with Crippen LogP contribution in [0.5, 0.6) is 5.75 Å². The van der Waals surface area contributed by atoms with Crippen LogP contribution in [-0.2, 0) is 19.1 Å². The van der Waals surface area contributed by atoms with E-state index in [9.17, 15) is 14.4 Å². The third-order valence-corrected chi connectivity index (χ3v) is 3.77. The molecule has 0 aromatic heterocycles. The minimum absolute atomic E-state index is 0.181. The zero-order valence-corrected chi connectivity index (χ0v) is 16.3. The second-order valence-electron chi connectivity index (χ2n) is 6.40. The molecule has 7 nitrogen and oxygen atoms in total. The summed E-state index contributed by atoms with van der Waals surface area (Å²) in [5, 5.41) is 5.29. The topological polar surface area (TPSA) is 93.7 Å². The molecule has 28 heavy (non-hydrogen) atoms. The number of aryl methyl sites for hydroxylation is 1. The van der Waals surface area contributed by atoms with E-state index in [1.807, 2.05) is 25.1 Å². The number of hydrogen-bond acceptors (Lipinski definition) is 5. The van der Waals surface area contributed by atoms with Crippen LogP contribution in [0.3, 0.4) is 0 Å². The quantitative estimate of drug-likeness (QED) is 0.715. The van der Waals surface area contributed by atoms with Crippen molar-refractivity contribution < 1.29 is 23.9 Å². The first-order chi connectivity index (χ1) is 13.2. The number of carbonyl (C=O) groups excluding carboxylic acids is 3. The van der Waals surface area contributed by atoms with Gasteiger partial charge in [0.2, 0.25) is 5.91 Å². The van der Waals surface area contributed by atoms with Crippen molar-refractivity contribution in [3.8, 4) is 5.75 Å². The fourth-order valence-corrected chi connectivity index (χ4v) is 2.35. The molecule has 0 saturated carbocycles. The molecule has 2 atom stereocenters. The molecule has 0 radical (unpaired) electrons. The van der Waals surface area contributed by atoms with Crippen LogP contribution >= 0.6 is 0 Å². The van der Waals surface area contributed by atoms with Crippen molar-refractivity contribution in [1.29, 1.82) is 0 Å². The van der Waals surface area contributed by atoms with Gasteiger partial charge in [0.05, 0.1) is 0 Å². The van der Waals surface area contributed by atoms with Gasteiger partial charge in [-0.2, -0.15) is 0 Å². The molecule has 0 aliphatic heterocycles. The van der Waals surface area contributed by atoms with Gasteiger partial charge >= 0.3 is 5.97 Å². The zero-order chi connectivity index (χ0) is 20.7. The molecule has 2 aromatic carbocycles. The van der Waals surface area contributed by atoms with E-state index >= 15 is 0 Å². The Balaban J connectivity index is 1.86. The number of hydrogen-bond donors (Lipinski definition) is 2. The Labute approximate surface area is 164 Å². The molecule has 2 amide bonds. The molecule has 0 aliphatic carbocycles. The van der Waals surface area contributed by atoms with Gasteiger partial charge in [-0.05, 0) is 62.7 Å². The molecule has 0 fully saturated rings. The van der Waals surface area contributed by atoms with Gasteiger partial charge in [0.15, 0.2) is 12.2 Å². The fraction of sp³-hybridized carbons (Fsp3) is 0.286. The van der Waals surface area contributed by atoms with Crippen molar-refractivity contribution in [2.45, 2.75) is 39.9 Å². The Morgan fingerprint density at radius 2 is 1.50 bits per heavy atom. The van der Waals surface area contributed by atoms with Crippen molar-refractivity contribution in [3.05, 3.63) is 54.1 Å².